The summed E-state index contributed by atoms with van der Waals surface area (Å²) >= 11 is 0. The van der Waals surface area contributed by atoms with Gasteiger partial charge in [-0.05, 0) is 29.3 Å². The summed E-state index contributed by atoms with van der Waals surface area (Å²) in [5, 5.41) is 22.5. The maximum atomic E-state index is 12.5. The second-order valence-electron chi connectivity index (χ2n) is 9.62. The maximum absolute atomic E-state index is 12.5. The summed E-state index contributed by atoms with van der Waals surface area (Å²) in [6.45, 7) is 0.163. The lowest BCUT2D eigenvalue weighted by atomic mass is 9.85. The minimum Gasteiger partial charge on any atom is -0.395 e. The SMILES string of the molecule is OCCn1c(C(O)(c2ccccc2)c2ccccc2)nc2ccc(N=C(c3ccccc3)c3ccccc3)cc21. The van der Waals surface area contributed by atoms with E-state index < -0.39 is 5.60 Å². The zero-order chi connectivity index (χ0) is 27.4. The Balaban J connectivity index is 1.56. The number of benzene rings is 5. The van der Waals surface area contributed by atoms with Crippen molar-refractivity contribution in [1.29, 1.82) is 0 Å². The fourth-order valence-corrected chi connectivity index (χ4v) is 5.18. The highest BCUT2D eigenvalue weighted by molar-refractivity contribution is 6.14. The summed E-state index contributed by atoms with van der Waals surface area (Å²) in [5.74, 6) is 0.446. The van der Waals surface area contributed by atoms with Crippen LogP contribution in [-0.2, 0) is 12.1 Å². The zero-order valence-electron chi connectivity index (χ0n) is 21.9. The minimum absolute atomic E-state index is 0.106. The van der Waals surface area contributed by atoms with Crippen LogP contribution >= 0.6 is 0 Å². The quantitative estimate of drug-likeness (QED) is 0.224. The van der Waals surface area contributed by atoms with Gasteiger partial charge in [0.2, 0.25) is 0 Å². The van der Waals surface area contributed by atoms with Crippen molar-refractivity contribution in [2.45, 2.75) is 12.1 Å². The van der Waals surface area contributed by atoms with Crippen LogP contribution in [0.25, 0.3) is 11.0 Å². The molecule has 0 aliphatic carbocycles. The van der Waals surface area contributed by atoms with Gasteiger partial charge in [-0.1, -0.05) is 121 Å². The number of hydrogen-bond donors (Lipinski definition) is 2. The van der Waals surface area contributed by atoms with Crippen LogP contribution < -0.4 is 0 Å². The zero-order valence-corrected chi connectivity index (χ0v) is 21.9. The lowest BCUT2D eigenvalue weighted by Crippen LogP contribution is -2.33. The van der Waals surface area contributed by atoms with E-state index in [1.807, 2.05) is 120 Å². The van der Waals surface area contributed by atoms with E-state index in [2.05, 4.69) is 24.3 Å². The molecule has 0 radical (unpaired) electrons. The molecule has 0 fully saturated rings. The van der Waals surface area contributed by atoms with Crippen molar-refractivity contribution in [2.24, 2.45) is 4.99 Å². The van der Waals surface area contributed by atoms with E-state index in [1.54, 1.807) is 0 Å². The van der Waals surface area contributed by atoms with Crippen molar-refractivity contribution in [3.63, 3.8) is 0 Å². The molecular formula is C35H29N3O2. The normalized spacial score (nSPS) is 11.4. The highest BCUT2D eigenvalue weighted by atomic mass is 16.3. The third-order valence-corrected chi connectivity index (χ3v) is 7.10. The molecule has 2 N–H and O–H groups in total. The molecule has 0 amide bonds. The summed E-state index contributed by atoms with van der Waals surface area (Å²) < 4.78 is 1.90. The van der Waals surface area contributed by atoms with Gasteiger partial charge in [-0.15, -0.1) is 0 Å². The standard InChI is InChI=1S/C35H29N3O2/c39-24-23-38-32-25-30(36-33(26-13-5-1-6-14-26)27-15-7-2-8-16-27)21-22-31(32)37-34(38)35(40,28-17-9-3-10-18-28)29-19-11-4-12-20-29/h1-22,25,39-40H,23-24H2. The minimum atomic E-state index is -1.53. The number of fused-ring (bicyclic) bond motifs is 1. The molecule has 5 nitrogen and oxygen atoms in total. The Morgan fingerprint density at radius 3 is 1.68 bits per heavy atom. The van der Waals surface area contributed by atoms with Crippen molar-refractivity contribution in [1.82, 2.24) is 9.55 Å². The first-order valence-corrected chi connectivity index (χ1v) is 13.3. The molecule has 0 aliphatic heterocycles. The van der Waals surface area contributed by atoms with Gasteiger partial charge in [0, 0.05) is 17.7 Å². The Kier molecular flexibility index (Phi) is 7.06. The van der Waals surface area contributed by atoms with E-state index in [0.717, 1.165) is 28.0 Å². The smallest absolute Gasteiger partial charge is 0.173 e. The molecule has 6 aromatic rings. The van der Waals surface area contributed by atoms with Crippen LogP contribution in [0.4, 0.5) is 5.69 Å². The first-order chi connectivity index (χ1) is 19.7. The molecule has 196 valence electrons. The van der Waals surface area contributed by atoms with Crippen molar-refractivity contribution in [3.05, 3.63) is 168 Å². The molecule has 0 aliphatic rings. The van der Waals surface area contributed by atoms with Crippen LogP contribution in [0.5, 0.6) is 0 Å². The number of rotatable bonds is 8. The summed E-state index contributed by atoms with van der Waals surface area (Å²) in [6.07, 6.45) is 0. The molecule has 0 saturated carbocycles. The molecule has 5 heteroatoms. The van der Waals surface area contributed by atoms with E-state index in [-0.39, 0.29) is 13.2 Å². The highest BCUT2D eigenvalue weighted by Gasteiger charge is 2.39. The Labute approximate surface area is 233 Å². The summed E-state index contributed by atoms with van der Waals surface area (Å²) in [6, 6.07) is 45.2. The van der Waals surface area contributed by atoms with Crippen LogP contribution in [0, 0.1) is 0 Å². The van der Waals surface area contributed by atoms with Crippen molar-refractivity contribution >= 4 is 22.4 Å². The largest absolute Gasteiger partial charge is 0.395 e. The Morgan fingerprint density at radius 2 is 1.18 bits per heavy atom. The number of imidazole rings is 1. The van der Waals surface area contributed by atoms with Gasteiger partial charge in [0.25, 0.3) is 0 Å². The molecule has 1 aromatic heterocycles. The molecule has 6 rings (SSSR count). The van der Waals surface area contributed by atoms with Crippen LogP contribution in [0.2, 0.25) is 0 Å². The number of hydrogen-bond acceptors (Lipinski definition) is 4. The van der Waals surface area contributed by atoms with Gasteiger partial charge in [-0.3, -0.25) is 0 Å². The first kappa shape index (κ1) is 25.4. The molecule has 0 atom stereocenters. The average Bonchev–Trinajstić information content (AvgIpc) is 3.39. The molecule has 0 spiro atoms. The number of aliphatic hydroxyl groups is 2. The number of aromatic nitrogens is 2. The predicted octanol–water partition coefficient (Wildman–Crippen LogP) is 6.48. The Morgan fingerprint density at radius 1 is 0.675 bits per heavy atom. The van der Waals surface area contributed by atoms with Gasteiger partial charge in [-0.25, -0.2) is 9.98 Å². The van der Waals surface area contributed by atoms with Gasteiger partial charge in [0.15, 0.2) is 11.4 Å². The van der Waals surface area contributed by atoms with Gasteiger partial charge in [0.1, 0.15) is 0 Å². The number of nitrogens with zero attached hydrogens (tertiary/aromatic N) is 3. The molecule has 1 heterocycles. The van der Waals surface area contributed by atoms with Crippen LogP contribution in [0.1, 0.15) is 28.1 Å². The topological polar surface area (TPSA) is 70.6 Å². The Bertz CT molecular complexity index is 1670. The molecule has 0 saturated heterocycles. The van der Waals surface area contributed by atoms with Crippen LogP contribution in [0.15, 0.2) is 145 Å². The second-order valence-corrected chi connectivity index (χ2v) is 9.62. The predicted molar refractivity (Wildman–Crippen MR) is 160 cm³/mol. The third-order valence-electron chi connectivity index (χ3n) is 7.10. The maximum Gasteiger partial charge on any atom is 0.173 e. The van der Waals surface area contributed by atoms with E-state index in [0.29, 0.717) is 22.5 Å². The first-order valence-electron chi connectivity index (χ1n) is 13.3. The molecular weight excluding hydrogens is 494 g/mol. The lowest BCUT2D eigenvalue weighted by Gasteiger charge is -2.29. The monoisotopic (exact) mass is 523 g/mol. The van der Waals surface area contributed by atoms with E-state index in [1.165, 1.54) is 0 Å². The third kappa shape index (κ3) is 4.73. The van der Waals surface area contributed by atoms with Gasteiger partial charge >= 0.3 is 0 Å². The number of aliphatic imine (C=N–C) groups is 1. The average molecular weight is 524 g/mol. The van der Waals surface area contributed by atoms with Gasteiger partial charge in [0.05, 0.1) is 29.0 Å². The lowest BCUT2D eigenvalue weighted by molar-refractivity contribution is 0.110. The summed E-state index contributed by atoms with van der Waals surface area (Å²) in [7, 11) is 0. The van der Waals surface area contributed by atoms with Gasteiger partial charge in [-0.2, -0.15) is 0 Å². The summed E-state index contributed by atoms with van der Waals surface area (Å²) in [4.78, 5) is 10.0. The van der Waals surface area contributed by atoms with Gasteiger partial charge < -0.3 is 14.8 Å². The molecule has 40 heavy (non-hydrogen) atoms. The fourth-order valence-electron chi connectivity index (χ4n) is 5.18. The van der Waals surface area contributed by atoms with Crippen molar-refractivity contribution < 1.29 is 10.2 Å². The van der Waals surface area contributed by atoms with Crippen LogP contribution in [0.3, 0.4) is 0 Å². The molecule has 5 aromatic carbocycles. The Hall–Kier alpha value is -4.84. The van der Waals surface area contributed by atoms with E-state index in [4.69, 9.17) is 9.98 Å². The summed E-state index contributed by atoms with van der Waals surface area (Å²) in [5.41, 5.74) is 5.02. The molecule has 0 bridgehead atoms. The fraction of sp³-hybridized carbons (Fsp3) is 0.0857. The van der Waals surface area contributed by atoms with Crippen molar-refractivity contribution in [2.75, 3.05) is 6.61 Å². The van der Waals surface area contributed by atoms with Crippen molar-refractivity contribution in [3.8, 4) is 0 Å². The number of aliphatic hydroxyl groups excluding tert-OH is 1. The molecule has 0 unspecified atom stereocenters. The second kappa shape index (κ2) is 11.1. The van der Waals surface area contributed by atoms with E-state index in [9.17, 15) is 10.2 Å². The highest BCUT2D eigenvalue weighted by Crippen LogP contribution is 2.38. The van der Waals surface area contributed by atoms with E-state index >= 15 is 0 Å². The van der Waals surface area contributed by atoms with Crippen LogP contribution in [-0.4, -0.2) is 32.1 Å².